The van der Waals surface area contributed by atoms with Gasteiger partial charge >= 0.3 is 6.36 Å². The summed E-state index contributed by atoms with van der Waals surface area (Å²) >= 11 is 0. The Morgan fingerprint density at radius 2 is 1.79 bits per heavy atom. The average molecular weight is 551 g/mol. The lowest BCUT2D eigenvalue weighted by Crippen LogP contribution is -2.43. The van der Waals surface area contributed by atoms with Gasteiger partial charge in [0.15, 0.2) is 23.1 Å². The highest BCUT2D eigenvalue weighted by atomic mass is 19.4. The molecule has 208 valence electrons. The Labute approximate surface area is 221 Å². The number of nitrogens with zero attached hydrogens (tertiary/aromatic N) is 4. The van der Waals surface area contributed by atoms with Crippen molar-refractivity contribution in [2.75, 3.05) is 54.4 Å². The molecule has 0 aliphatic carbocycles. The zero-order chi connectivity index (χ0) is 27.7. The van der Waals surface area contributed by atoms with Crippen LogP contribution >= 0.6 is 0 Å². The van der Waals surface area contributed by atoms with Crippen molar-refractivity contribution in [2.24, 2.45) is 0 Å². The Bertz CT molecular complexity index is 1350. The summed E-state index contributed by atoms with van der Waals surface area (Å²) in [7, 11) is 0. The number of hydrogen-bond donors (Lipinski definition) is 2. The Hall–Kier alpha value is -3.87. The Balaban J connectivity index is 1.47. The van der Waals surface area contributed by atoms with E-state index in [9.17, 15) is 22.0 Å². The van der Waals surface area contributed by atoms with E-state index in [0.29, 0.717) is 50.7 Å². The molecule has 0 radical (unpaired) electrons. The van der Waals surface area contributed by atoms with Gasteiger partial charge in [0.25, 0.3) is 0 Å². The van der Waals surface area contributed by atoms with Crippen LogP contribution in [0.25, 0.3) is 11.3 Å². The van der Waals surface area contributed by atoms with Crippen LogP contribution in [0.4, 0.5) is 45.0 Å². The van der Waals surface area contributed by atoms with Crippen LogP contribution in [0.2, 0.25) is 0 Å². The van der Waals surface area contributed by atoms with E-state index in [-0.39, 0.29) is 40.4 Å². The van der Waals surface area contributed by atoms with Crippen molar-refractivity contribution in [3.8, 4) is 22.8 Å². The van der Waals surface area contributed by atoms with E-state index in [2.05, 4.69) is 25.3 Å². The highest BCUT2D eigenvalue weighted by molar-refractivity contribution is 5.73. The molecule has 13 heteroatoms. The molecule has 2 aliphatic heterocycles. The minimum atomic E-state index is -4.90. The van der Waals surface area contributed by atoms with E-state index >= 15 is 0 Å². The van der Waals surface area contributed by atoms with Gasteiger partial charge in [-0.2, -0.15) is 0 Å². The number of rotatable bonds is 6. The van der Waals surface area contributed by atoms with Crippen molar-refractivity contribution in [3.63, 3.8) is 0 Å². The SMILES string of the molecule is CC(C)N1CCOc2c(F)cc(-c3nc(Nc4ccc(N5CCNCC5)c(OC(F)(F)F)c4)ncc3F)cc21. The molecule has 1 saturated heterocycles. The highest BCUT2D eigenvalue weighted by Gasteiger charge is 2.33. The smallest absolute Gasteiger partial charge is 0.486 e. The van der Waals surface area contributed by atoms with Crippen LogP contribution in [-0.4, -0.2) is 61.7 Å². The molecule has 0 bridgehead atoms. The number of anilines is 4. The van der Waals surface area contributed by atoms with Gasteiger partial charge in [-0.05, 0) is 38.1 Å². The standard InChI is InChI=1S/C26H27F5N6O2/c1-15(2)37-9-10-38-24-18(27)11-16(12-21(24)37)23-19(28)14-33-25(35-23)34-17-3-4-20(36-7-5-32-6-8-36)22(13-17)39-26(29,30)31/h3-4,11-15,32H,5-10H2,1-2H3,(H,33,34,35). The normalized spacial score (nSPS) is 15.7. The summed E-state index contributed by atoms with van der Waals surface area (Å²) in [6.07, 6.45) is -3.98. The summed E-state index contributed by atoms with van der Waals surface area (Å²) < 4.78 is 79.2. The first-order valence-electron chi connectivity index (χ1n) is 12.5. The van der Waals surface area contributed by atoms with E-state index in [4.69, 9.17) is 4.74 Å². The number of hydrogen-bond acceptors (Lipinski definition) is 8. The zero-order valence-corrected chi connectivity index (χ0v) is 21.3. The third-order valence-corrected chi connectivity index (χ3v) is 6.45. The van der Waals surface area contributed by atoms with Gasteiger partial charge in [0.1, 0.15) is 12.3 Å². The molecule has 2 N–H and O–H groups in total. The quantitative estimate of drug-likeness (QED) is 0.412. The van der Waals surface area contributed by atoms with Crippen molar-refractivity contribution < 1.29 is 31.4 Å². The first kappa shape index (κ1) is 26.7. The summed E-state index contributed by atoms with van der Waals surface area (Å²) in [5.41, 5.74) is 0.965. The van der Waals surface area contributed by atoms with E-state index in [1.165, 1.54) is 12.1 Å². The van der Waals surface area contributed by atoms with Crippen molar-refractivity contribution >= 4 is 23.0 Å². The summed E-state index contributed by atoms with van der Waals surface area (Å²) in [6, 6.07) is 7.04. The van der Waals surface area contributed by atoms with Crippen molar-refractivity contribution in [2.45, 2.75) is 26.3 Å². The summed E-state index contributed by atoms with van der Waals surface area (Å²) in [6.45, 7) is 7.06. The topological polar surface area (TPSA) is 74.8 Å². The lowest BCUT2D eigenvalue weighted by Gasteiger charge is -2.34. The van der Waals surface area contributed by atoms with Crippen LogP contribution in [0.1, 0.15) is 13.8 Å². The van der Waals surface area contributed by atoms with Gasteiger partial charge in [0.2, 0.25) is 5.95 Å². The fourth-order valence-electron chi connectivity index (χ4n) is 4.70. The number of halogens is 5. The molecular weight excluding hydrogens is 523 g/mol. The summed E-state index contributed by atoms with van der Waals surface area (Å²) in [4.78, 5) is 11.9. The number of fused-ring (bicyclic) bond motifs is 1. The largest absolute Gasteiger partial charge is 0.573 e. The number of benzene rings is 2. The predicted molar refractivity (Wildman–Crippen MR) is 137 cm³/mol. The number of alkyl halides is 3. The lowest BCUT2D eigenvalue weighted by molar-refractivity contribution is -0.274. The van der Waals surface area contributed by atoms with Crippen LogP contribution < -0.4 is 29.9 Å². The Kier molecular flexibility index (Phi) is 7.34. The Morgan fingerprint density at radius 1 is 1.03 bits per heavy atom. The highest BCUT2D eigenvalue weighted by Crippen LogP contribution is 2.40. The second kappa shape index (κ2) is 10.7. The molecule has 2 aromatic carbocycles. The Morgan fingerprint density at radius 3 is 2.51 bits per heavy atom. The maximum Gasteiger partial charge on any atom is 0.573 e. The number of piperazine rings is 1. The van der Waals surface area contributed by atoms with Gasteiger partial charge in [0, 0.05) is 49.5 Å². The number of nitrogens with one attached hydrogen (secondary N) is 2. The fraction of sp³-hybridized carbons (Fsp3) is 0.385. The first-order valence-corrected chi connectivity index (χ1v) is 12.5. The molecule has 39 heavy (non-hydrogen) atoms. The zero-order valence-electron chi connectivity index (χ0n) is 21.3. The van der Waals surface area contributed by atoms with Crippen molar-refractivity contribution in [1.29, 1.82) is 0 Å². The molecule has 5 rings (SSSR count). The van der Waals surface area contributed by atoms with Gasteiger partial charge in [-0.25, -0.2) is 18.7 Å². The average Bonchev–Trinajstić information content (AvgIpc) is 2.89. The molecule has 0 atom stereocenters. The second-order valence-corrected chi connectivity index (χ2v) is 9.42. The predicted octanol–water partition coefficient (Wildman–Crippen LogP) is 5.08. The van der Waals surface area contributed by atoms with Crippen molar-refractivity contribution in [1.82, 2.24) is 15.3 Å². The molecule has 0 spiro atoms. The molecule has 3 aromatic rings. The second-order valence-electron chi connectivity index (χ2n) is 9.42. The van der Waals surface area contributed by atoms with E-state index in [0.717, 1.165) is 12.3 Å². The molecule has 0 saturated carbocycles. The van der Waals surface area contributed by atoms with Crippen LogP contribution in [0.3, 0.4) is 0 Å². The first-order chi connectivity index (χ1) is 18.6. The van der Waals surface area contributed by atoms with Gasteiger partial charge in [-0.1, -0.05) is 0 Å². The van der Waals surface area contributed by atoms with Gasteiger partial charge in [-0.15, -0.1) is 13.2 Å². The van der Waals surface area contributed by atoms with Crippen LogP contribution in [0, 0.1) is 11.6 Å². The van der Waals surface area contributed by atoms with Crippen LogP contribution in [-0.2, 0) is 0 Å². The minimum Gasteiger partial charge on any atom is -0.486 e. The van der Waals surface area contributed by atoms with E-state index in [1.54, 1.807) is 17.0 Å². The van der Waals surface area contributed by atoms with Crippen LogP contribution in [0.15, 0.2) is 36.5 Å². The van der Waals surface area contributed by atoms with E-state index in [1.807, 2.05) is 18.7 Å². The van der Waals surface area contributed by atoms with Gasteiger partial charge < -0.3 is 29.9 Å². The maximum absolute atomic E-state index is 15.0. The number of aromatic nitrogens is 2. The third-order valence-electron chi connectivity index (χ3n) is 6.45. The number of ether oxygens (including phenoxy) is 2. The molecule has 0 unspecified atom stereocenters. The van der Waals surface area contributed by atoms with Crippen LogP contribution in [0.5, 0.6) is 11.5 Å². The molecule has 0 amide bonds. The lowest BCUT2D eigenvalue weighted by atomic mass is 10.1. The molecule has 2 aliphatic rings. The molecule has 1 aromatic heterocycles. The fourth-order valence-corrected chi connectivity index (χ4v) is 4.70. The third kappa shape index (κ3) is 5.92. The monoisotopic (exact) mass is 550 g/mol. The van der Waals surface area contributed by atoms with E-state index < -0.39 is 18.0 Å². The van der Waals surface area contributed by atoms with Gasteiger partial charge in [-0.3, -0.25) is 0 Å². The molecular formula is C26H27F5N6O2. The maximum atomic E-state index is 15.0. The van der Waals surface area contributed by atoms with Gasteiger partial charge in [0.05, 0.1) is 24.1 Å². The summed E-state index contributed by atoms with van der Waals surface area (Å²) in [5, 5.41) is 5.96. The summed E-state index contributed by atoms with van der Waals surface area (Å²) in [5.74, 6) is -1.83. The molecule has 1 fully saturated rings. The molecule has 3 heterocycles. The minimum absolute atomic E-state index is 0.0482. The molecule has 8 nitrogen and oxygen atoms in total. The van der Waals surface area contributed by atoms with Crippen molar-refractivity contribution in [3.05, 3.63) is 48.2 Å².